The van der Waals surface area contributed by atoms with E-state index in [2.05, 4.69) is 16.0 Å². The largest absolute Gasteiger partial charge is 0.492 e. The second-order valence-corrected chi connectivity index (χ2v) is 13.5. The second kappa shape index (κ2) is 12.7. The third-order valence-electron chi connectivity index (χ3n) is 10.1. The van der Waals surface area contributed by atoms with Gasteiger partial charge in [-0.2, -0.15) is 0 Å². The maximum atomic E-state index is 13.0. The zero-order valence-electron chi connectivity index (χ0n) is 25.0. The van der Waals surface area contributed by atoms with Crippen molar-refractivity contribution < 1.29 is 39.4 Å². The molecule has 0 aromatic carbocycles. The van der Waals surface area contributed by atoms with E-state index in [1.54, 1.807) is 7.05 Å². The van der Waals surface area contributed by atoms with Crippen molar-refractivity contribution in [1.29, 1.82) is 0 Å². The summed E-state index contributed by atoms with van der Waals surface area (Å²) >= 11 is 0. The highest BCUT2D eigenvalue weighted by atomic mass is 16.7. The number of nitrogens with one attached hydrogen (secondary N) is 3. The number of hydrogen-bond acceptors (Lipinski definition) is 14. The molecule has 0 radical (unpaired) electrons. The minimum absolute atomic E-state index is 0.112. The average Bonchev–Trinajstić information content (AvgIpc) is 3.56. The SMILES string of the molecule is CNC1C(O)C(OC2C(NC(=O)C3(O)CC3N)CC(N)C(C3OC(CN)=CCC3NCC3CC(N)C3)C2O)OCC1(C)O. The monoisotopic (exact) mass is 613 g/mol. The number of hydrogen-bond donors (Lipinski definition) is 11. The van der Waals surface area contributed by atoms with Gasteiger partial charge in [-0.15, -0.1) is 0 Å². The van der Waals surface area contributed by atoms with Crippen LogP contribution in [0.1, 0.15) is 39.0 Å². The Kier molecular flexibility index (Phi) is 9.74. The fourth-order valence-electron chi connectivity index (χ4n) is 7.25. The van der Waals surface area contributed by atoms with Crippen molar-refractivity contribution in [3.8, 4) is 0 Å². The standard InChI is InChI=1S/C28H51N7O8/c1-27(39)11-41-25(21(37)24(27)33-2)43-23-17(35-26(38)28(40)8-18(28)32)7-15(31)19(20(23)36)22-16(4-3-14(9-29)42-22)34-10-12-5-13(30)6-12/h3,12-13,15-25,33-34,36-37,39-40H,4-11,29-32H2,1-2H3,(H,35,38). The van der Waals surface area contributed by atoms with Gasteiger partial charge in [0.05, 0.1) is 31.3 Å². The first-order chi connectivity index (χ1) is 20.3. The van der Waals surface area contributed by atoms with Gasteiger partial charge in [-0.05, 0) is 58.2 Å². The van der Waals surface area contributed by atoms with Crippen LogP contribution in [0, 0.1) is 11.8 Å². The van der Waals surface area contributed by atoms with Crippen molar-refractivity contribution in [2.75, 3.05) is 26.7 Å². The molecule has 2 heterocycles. The number of ether oxygens (including phenoxy) is 3. The highest BCUT2D eigenvalue weighted by molar-refractivity contribution is 5.89. The van der Waals surface area contributed by atoms with Crippen LogP contribution >= 0.6 is 0 Å². The zero-order chi connectivity index (χ0) is 31.3. The Labute approximate surface area is 252 Å². The smallest absolute Gasteiger partial charge is 0.253 e. The fourth-order valence-corrected chi connectivity index (χ4v) is 7.25. The van der Waals surface area contributed by atoms with Crippen LogP contribution in [0.3, 0.4) is 0 Å². The van der Waals surface area contributed by atoms with Crippen LogP contribution in [-0.2, 0) is 19.0 Å². The van der Waals surface area contributed by atoms with Gasteiger partial charge in [-0.1, -0.05) is 0 Å². The van der Waals surface area contributed by atoms with Gasteiger partial charge in [-0.25, -0.2) is 0 Å². The van der Waals surface area contributed by atoms with Gasteiger partial charge in [0.15, 0.2) is 11.9 Å². The summed E-state index contributed by atoms with van der Waals surface area (Å²) < 4.78 is 18.3. The molecule has 5 aliphatic rings. The number of amides is 1. The van der Waals surface area contributed by atoms with Crippen molar-refractivity contribution in [3.05, 3.63) is 11.8 Å². The Balaban J connectivity index is 1.38. The number of nitrogens with two attached hydrogens (primary N) is 4. The molecule has 1 saturated heterocycles. The number of aliphatic hydroxyl groups is 4. The van der Waals surface area contributed by atoms with E-state index in [4.69, 9.17) is 37.1 Å². The van der Waals surface area contributed by atoms with Crippen molar-refractivity contribution in [2.24, 2.45) is 34.8 Å². The lowest BCUT2D eigenvalue weighted by Crippen LogP contribution is -2.70. The molecule has 2 aliphatic heterocycles. The first-order valence-corrected chi connectivity index (χ1v) is 15.4. The Morgan fingerprint density at radius 1 is 1.14 bits per heavy atom. The van der Waals surface area contributed by atoms with E-state index in [0.717, 1.165) is 19.4 Å². The molecular formula is C28H51N7O8. The molecular weight excluding hydrogens is 562 g/mol. The highest BCUT2D eigenvalue weighted by Gasteiger charge is 2.59. The van der Waals surface area contributed by atoms with Crippen LogP contribution in [0.5, 0.6) is 0 Å². The van der Waals surface area contributed by atoms with E-state index in [1.165, 1.54) is 6.92 Å². The van der Waals surface area contributed by atoms with Crippen molar-refractivity contribution >= 4 is 5.91 Å². The summed E-state index contributed by atoms with van der Waals surface area (Å²) in [6.07, 6.45) is -0.813. The van der Waals surface area contributed by atoms with E-state index in [1.807, 2.05) is 6.08 Å². The third kappa shape index (κ3) is 6.59. The lowest BCUT2D eigenvalue weighted by molar-refractivity contribution is -0.297. The molecule has 3 saturated carbocycles. The molecule has 0 aromatic heterocycles. The summed E-state index contributed by atoms with van der Waals surface area (Å²) in [7, 11) is 1.60. The lowest BCUT2D eigenvalue weighted by Gasteiger charge is -2.51. The summed E-state index contributed by atoms with van der Waals surface area (Å²) in [5, 5.41) is 53.6. The van der Waals surface area contributed by atoms with Gasteiger partial charge in [0.1, 0.15) is 29.7 Å². The quantitative estimate of drug-likeness (QED) is 0.111. The van der Waals surface area contributed by atoms with Gasteiger partial charge in [0, 0.05) is 36.5 Å². The normalized spacial score (nSPS) is 49.8. The number of rotatable bonds is 10. The molecule has 43 heavy (non-hydrogen) atoms. The van der Waals surface area contributed by atoms with E-state index in [9.17, 15) is 25.2 Å². The number of carbonyl (C=O) groups is 1. The molecule has 0 aromatic rings. The van der Waals surface area contributed by atoms with Crippen LogP contribution in [0.15, 0.2) is 11.8 Å². The number of carbonyl (C=O) groups excluding carboxylic acids is 1. The molecule has 4 fully saturated rings. The third-order valence-corrected chi connectivity index (χ3v) is 10.1. The Morgan fingerprint density at radius 2 is 1.84 bits per heavy atom. The minimum atomic E-state index is -1.71. The molecule has 13 atom stereocenters. The molecule has 0 bridgehead atoms. The molecule has 1 amide bonds. The molecule has 15 N–H and O–H groups in total. The maximum Gasteiger partial charge on any atom is 0.253 e. The summed E-state index contributed by atoms with van der Waals surface area (Å²) in [5.74, 6) is -0.294. The molecule has 3 aliphatic carbocycles. The highest BCUT2D eigenvalue weighted by Crippen LogP contribution is 2.39. The van der Waals surface area contributed by atoms with E-state index in [0.29, 0.717) is 18.1 Å². The topological polar surface area (TPSA) is 266 Å². The van der Waals surface area contributed by atoms with Crippen LogP contribution < -0.4 is 38.9 Å². The van der Waals surface area contributed by atoms with E-state index >= 15 is 0 Å². The summed E-state index contributed by atoms with van der Waals surface area (Å²) in [5.41, 5.74) is 21.3. The molecule has 246 valence electrons. The van der Waals surface area contributed by atoms with Crippen molar-refractivity contribution in [2.45, 2.75) is 117 Å². The summed E-state index contributed by atoms with van der Waals surface area (Å²) in [4.78, 5) is 13.0. The number of likely N-dealkylation sites (N-methyl/N-ethyl adjacent to an activating group) is 1. The molecule has 15 nitrogen and oxygen atoms in total. The zero-order valence-corrected chi connectivity index (χ0v) is 25.0. The van der Waals surface area contributed by atoms with Crippen LogP contribution in [-0.4, -0.2) is 131 Å². The predicted octanol–water partition coefficient (Wildman–Crippen LogP) is -4.59. The molecule has 0 spiro atoms. The lowest BCUT2D eigenvalue weighted by atomic mass is 9.72. The molecule has 5 rings (SSSR count). The van der Waals surface area contributed by atoms with Gasteiger partial charge >= 0.3 is 0 Å². The fraction of sp³-hybridized carbons (Fsp3) is 0.893. The summed E-state index contributed by atoms with van der Waals surface area (Å²) in [6.45, 7) is 2.32. The Hall–Kier alpha value is -1.47. The Bertz CT molecular complexity index is 1030. The van der Waals surface area contributed by atoms with Gasteiger partial charge in [-0.3, -0.25) is 4.79 Å². The summed E-state index contributed by atoms with van der Waals surface area (Å²) in [6, 6.07) is -2.95. The van der Waals surface area contributed by atoms with Crippen LogP contribution in [0.25, 0.3) is 0 Å². The number of aliphatic hydroxyl groups excluding tert-OH is 2. The first kappa shape index (κ1) is 32.9. The van der Waals surface area contributed by atoms with Crippen molar-refractivity contribution in [1.82, 2.24) is 16.0 Å². The van der Waals surface area contributed by atoms with Gasteiger partial charge in [0.2, 0.25) is 0 Å². The maximum absolute atomic E-state index is 13.0. The van der Waals surface area contributed by atoms with E-state index < -0.39 is 77.9 Å². The van der Waals surface area contributed by atoms with E-state index in [-0.39, 0.29) is 38.1 Å². The Morgan fingerprint density at radius 3 is 2.44 bits per heavy atom. The first-order valence-electron chi connectivity index (χ1n) is 15.4. The average molecular weight is 614 g/mol. The predicted molar refractivity (Wildman–Crippen MR) is 155 cm³/mol. The van der Waals surface area contributed by atoms with Gasteiger partial charge < -0.3 is 73.5 Å². The molecule has 15 heteroatoms. The van der Waals surface area contributed by atoms with Crippen LogP contribution in [0.4, 0.5) is 0 Å². The second-order valence-electron chi connectivity index (χ2n) is 13.5. The van der Waals surface area contributed by atoms with Crippen molar-refractivity contribution in [3.63, 3.8) is 0 Å². The minimum Gasteiger partial charge on any atom is -0.492 e. The molecule has 13 unspecified atom stereocenters. The van der Waals surface area contributed by atoms with Crippen LogP contribution in [0.2, 0.25) is 0 Å². The van der Waals surface area contributed by atoms with Gasteiger partial charge in [0.25, 0.3) is 5.91 Å².